The van der Waals surface area contributed by atoms with Crippen LogP contribution in [0.2, 0.25) is 5.02 Å². The summed E-state index contributed by atoms with van der Waals surface area (Å²) < 4.78 is 5.58. The van der Waals surface area contributed by atoms with Crippen LogP contribution < -0.4 is 9.64 Å². The first kappa shape index (κ1) is 26.0. The zero-order valence-electron chi connectivity index (χ0n) is 21.0. The fourth-order valence-corrected chi connectivity index (χ4v) is 6.66. The summed E-state index contributed by atoms with van der Waals surface area (Å²) in [6, 6.07) is 16.0. The number of ether oxygens (including phenoxy) is 1. The summed E-state index contributed by atoms with van der Waals surface area (Å²) in [7, 11) is 0. The molecule has 8 heteroatoms. The maximum absolute atomic E-state index is 9.05. The van der Waals surface area contributed by atoms with Crippen LogP contribution in [0, 0.1) is 13.8 Å². The fraction of sp³-hybridized carbons (Fsp3) is 0.310. The molecule has 3 heterocycles. The predicted octanol–water partition coefficient (Wildman–Crippen LogP) is 7.41. The first-order valence-corrected chi connectivity index (χ1v) is 14.7. The summed E-state index contributed by atoms with van der Waals surface area (Å²) in [5, 5.41) is 14.0. The van der Waals surface area contributed by atoms with Crippen molar-refractivity contribution in [3.05, 3.63) is 75.8 Å². The van der Waals surface area contributed by atoms with E-state index in [2.05, 4.69) is 36.3 Å². The van der Waals surface area contributed by atoms with E-state index in [0.29, 0.717) is 6.61 Å². The molecule has 1 saturated heterocycles. The molecule has 192 valence electrons. The Morgan fingerprint density at radius 3 is 2.38 bits per heavy atom. The van der Waals surface area contributed by atoms with Gasteiger partial charge in [0, 0.05) is 34.8 Å². The minimum atomic E-state index is 0.00425. The number of rotatable bonds is 9. The number of aliphatic hydroxyl groups excluding tert-OH is 1. The van der Waals surface area contributed by atoms with Gasteiger partial charge in [0.2, 0.25) is 0 Å². The van der Waals surface area contributed by atoms with Gasteiger partial charge in [0.05, 0.1) is 12.3 Å². The first-order chi connectivity index (χ1) is 18.0. The molecule has 1 fully saturated rings. The van der Waals surface area contributed by atoms with Gasteiger partial charge in [0.1, 0.15) is 28.2 Å². The van der Waals surface area contributed by atoms with Crippen molar-refractivity contribution in [1.29, 1.82) is 0 Å². The normalized spacial score (nSPS) is 13.4. The lowest BCUT2D eigenvalue weighted by atomic mass is 9.97. The van der Waals surface area contributed by atoms with Crippen molar-refractivity contribution in [2.45, 2.75) is 37.5 Å². The van der Waals surface area contributed by atoms with Crippen molar-refractivity contribution in [3.8, 4) is 27.4 Å². The van der Waals surface area contributed by atoms with E-state index >= 15 is 0 Å². The zero-order chi connectivity index (χ0) is 25.8. The number of aromatic nitrogens is 2. The lowest BCUT2D eigenvalue weighted by molar-refractivity contribution is 0.201. The topological polar surface area (TPSA) is 58.5 Å². The summed E-state index contributed by atoms with van der Waals surface area (Å²) in [5.41, 5.74) is 6.91. The smallest absolute Gasteiger partial charge is 0.133 e. The Hall–Kier alpha value is -2.58. The second-order valence-electron chi connectivity index (χ2n) is 9.10. The fourth-order valence-electron chi connectivity index (χ4n) is 4.70. The van der Waals surface area contributed by atoms with Crippen molar-refractivity contribution < 1.29 is 9.84 Å². The highest BCUT2D eigenvalue weighted by atomic mass is 35.5. The van der Waals surface area contributed by atoms with Crippen LogP contribution in [0.5, 0.6) is 5.75 Å². The van der Waals surface area contributed by atoms with E-state index in [0.717, 1.165) is 62.3 Å². The number of anilines is 1. The highest BCUT2D eigenvalue weighted by Crippen LogP contribution is 2.40. The Labute approximate surface area is 231 Å². The molecule has 1 aliphatic rings. The van der Waals surface area contributed by atoms with Crippen molar-refractivity contribution in [3.63, 3.8) is 0 Å². The van der Waals surface area contributed by atoms with Crippen LogP contribution in [-0.4, -0.2) is 41.4 Å². The molecule has 5 nitrogen and oxygen atoms in total. The summed E-state index contributed by atoms with van der Waals surface area (Å²) in [5.74, 6) is 2.60. The van der Waals surface area contributed by atoms with Crippen LogP contribution in [-0.2, 0) is 5.75 Å². The Bertz CT molecular complexity index is 1350. The third kappa shape index (κ3) is 5.96. The van der Waals surface area contributed by atoms with Gasteiger partial charge in [-0.3, -0.25) is 0 Å². The summed E-state index contributed by atoms with van der Waals surface area (Å²) in [4.78, 5) is 12.5. The minimum Gasteiger partial charge on any atom is -0.491 e. The number of pyridine rings is 1. The Balaban J connectivity index is 1.44. The van der Waals surface area contributed by atoms with E-state index < -0.39 is 0 Å². The monoisotopic (exact) mass is 551 g/mol. The predicted molar refractivity (Wildman–Crippen MR) is 155 cm³/mol. The van der Waals surface area contributed by atoms with Gasteiger partial charge in [-0.2, -0.15) is 0 Å². The maximum Gasteiger partial charge on any atom is 0.133 e. The van der Waals surface area contributed by atoms with Crippen LogP contribution >= 0.6 is 34.7 Å². The molecule has 1 N–H and O–H groups in total. The lowest BCUT2D eigenvalue weighted by Gasteiger charge is -2.24. The Kier molecular flexibility index (Phi) is 8.35. The van der Waals surface area contributed by atoms with Crippen molar-refractivity contribution in [2.75, 3.05) is 31.2 Å². The van der Waals surface area contributed by atoms with E-state index in [1.165, 1.54) is 29.5 Å². The largest absolute Gasteiger partial charge is 0.491 e. The quantitative estimate of drug-likeness (QED) is 0.219. The molecule has 0 bridgehead atoms. The van der Waals surface area contributed by atoms with Gasteiger partial charge in [0.25, 0.3) is 0 Å². The molecule has 2 aromatic carbocycles. The van der Waals surface area contributed by atoms with Crippen molar-refractivity contribution in [1.82, 2.24) is 9.97 Å². The third-order valence-electron chi connectivity index (χ3n) is 6.52. The molecule has 0 radical (unpaired) electrons. The van der Waals surface area contributed by atoms with Gasteiger partial charge >= 0.3 is 0 Å². The standard InChI is InChI=1S/C29H30ClN3O2S2/c1-19-26(21-7-11-25(12-8-21)35-16-15-34)20(2)28(32-27(19)33-13-3-4-14-33)36-17-24-18-37-29(31-24)22-5-9-23(30)10-6-22/h5-12,18,34H,3-4,13-17H2,1-2H3. The van der Waals surface area contributed by atoms with Crippen LogP contribution in [0.1, 0.15) is 29.7 Å². The average Bonchev–Trinajstić information content (AvgIpc) is 3.61. The molecule has 2 aromatic heterocycles. The molecule has 0 aliphatic carbocycles. The number of halogens is 1. The van der Waals surface area contributed by atoms with Crippen LogP contribution in [0.15, 0.2) is 58.9 Å². The number of nitrogens with zero attached hydrogens (tertiary/aromatic N) is 3. The second kappa shape index (κ2) is 11.9. The Morgan fingerprint density at radius 2 is 1.68 bits per heavy atom. The minimum absolute atomic E-state index is 0.00425. The highest BCUT2D eigenvalue weighted by Gasteiger charge is 2.22. The molecule has 0 saturated carbocycles. The SMILES string of the molecule is Cc1c(SCc2csc(-c3ccc(Cl)cc3)n2)nc(N2CCCC2)c(C)c1-c1ccc(OCCO)cc1. The number of aliphatic hydroxyl groups is 1. The van der Waals surface area contributed by atoms with E-state index in [9.17, 15) is 0 Å². The lowest BCUT2D eigenvalue weighted by Crippen LogP contribution is -2.21. The van der Waals surface area contributed by atoms with Crippen molar-refractivity contribution >= 4 is 40.5 Å². The number of hydrogen-bond donors (Lipinski definition) is 1. The summed E-state index contributed by atoms with van der Waals surface area (Å²) in [6.45, 7) is 6.75. The average molecular weight is 552 g/mol. The molecular weight excluding hydrogens is 522 g/mol. The van der Waals surface area contributed by atoms with Gasteiger partial charge in [-0.1, -0.05) is 47.6 Å². The number of thiazole rings is 1. The zero-order valence-corrected chi connectivity index (χ0v) is 23.4. The molecule has 0 unspecified atom stereocenters. The van der Waals surface area contributed by atoms with Gasteiger partial charge in [-0.15, -0.1) is 11.3 Å². The number of hydrogen-bond acceptors (Lipinski definition) is 7. The molecule has 5 rings (SSSR count). The van der Waals surface area contributed by atoms with E-state index in [1.807, 2.05) is 36.4 Å². The molecule has 0 amide bonds. The number of thioether (sulfide) groups is 1. The summed E-state index contributed by atoms with van der Waals surface area (Å²) in [6.07, 6.45) is 2.41. The highest BCUT2D eigenvalue weighted by molar-refractivity contribution is 7.98. The van der Waals surface area contributed by atoms with Gasteiger partial charge < -0.3 is 14.7 Å². The van der Waals surface area contributed by atoms with Gasteiger partial charge in [-0.05, 0) is 73.2 Å². The van der Waals surface area contributed by atoms with Gasteiger partial charge in [-0.25, -0.2) is 9.97 Å². The van der Waals surface area contributed by atoms with E-state index in [4.69, 9.17) is 31.4 Å². The van der Waals surface area contributed by atoms with Crippen LogP contribution in [0.4, 0.5) is 5.82 Å². The maximum atomic E-state index is 9.05. The van der Waals surface area contributed by atoms with E-state index in [-0.39, 0.29) is 6.61 Å². The molecule has 0 spiro atoms. The Morgan fingerprint density at radius 1 is 0.973 bits per heavy atom. The second-order valence-corrected chi connectivity index (χ2v) is 11.4. The third-order valence-corrected chi connectivity index (χ3v) is 8.83. The van der Waals surface area contributed by atoms with Gasteiger partial charge in [0.15, 0.2) is 0 Å². The molecule has 37 heavy (non-hydrogen) atoms. The molecular formula is C29H30ClN3O2S2. The van der Waals surface area contributed by atoms with Crippen LogP contribution in [0.25, 0.3) is 21.7 Å². The number of benzene rings is 2. The summed E-state index contributed by atoms with van der Waals surface area (Å²) >= 11 is 9.45. The molecule has 0 atom stereocenters. The molecule has 1 aliphatic heterocycles. The van der Waals surface area contributed by atoms with Crippen molar-refractivity contribution in [2.24, 2.45) is 0 Å². The molecule has 4 aromatic rings. The van der Waals surface area contributed by atoms with Crippen LogP contribution in [0.3, 0.4) is 0 Å². The van der Waals surface area contributed by atoms with E-state index in [1.54, 1.807) is 23.1 Å². The first-order valence-electron chi connectivity index (χ1n) is 12.5.